The monoisotopic (exact) mass is 359 g/mol. The van der Waals surface area contributed by atoms with Crippen molar-refractivity contribution in [2.24, 2.45) is 0 Å². The number of rotatable bonds is 6. The third-order valence-electron chi connectivity index (χ3n) is 4.33. The summed E-state index contributed by atoms with van der Waals surface area (Å²) in [6.07, 6.45) is 3.48. The van der Waals surface area contributed by atoms with Crippen molar-refractivity contribution in [1.29, 1.82) is 0 Å². The number of halogens is 1. The Morgan fingerprint density at radius 2 is 1.96 bits per heavy atom. The Labute approximate surface area is 151 Å². The zero-order chi connectivity index (χ0) is 18.4. The lowest BCUT2D eigenvalue weighted by Crippen LogP contribution is -2.49. The average molecular weight is 359 g/mol. The fourth-order valence-electron chi connectivity index (χ4n) is 2.86. The fraction of sp³-hybridized carbons (Fsp3) is 0.389. The maximum Gasteiger partial charge on any atom is 0.251 e. The first kappa shape index (κ1) is 18.1. The predicted octanol–water partition coefficient (Wildman–Crippen LogP) is 1.18. The Morgan fingerprint density at radius 3 is 2.62 bits per heavy atom. The number of carbonyl (C=O) groups excluding carboxylic acids is 1. The molecule has 1 amide bonds. The number of hydrogen-bond acceptors (Lipinski definition) is 6. The summed E-state index contributed by atoms with van der Waals surface area (Å²) in [4.78, 5) is 25.1. The minimum atomic E-state index is -0.542. The van der Waals surface area contributed by atoms with Crippen LogP contribution < -0.4 is 15.0 Å². The van der Waals surface area contributed by atoms with E-state index in [0.29, 0.717) is 6.54 Å². The van der Waals surface area contributed by atoms with Gasteiger partial charge in [-0.1, -0.05) is 0 Å². The third-order valence-corrected chi connectivity index (χ3v) is 4.33. The Morgan fingerprint density at radius 1 is 1.23 bits per heavy atom. The van der Waals surface area contributed by atoms with Gasteiger partial charge in [0.25, 0.3) is 5.91 Å². The molecule has 2 heterocycles. The van der Waals surface area contributed by atoms with Gasteiger partial charge in [-0.2, -0.15) is 0 Å². The van der Waals surface area contributed by atoms with Gasteiger partial charge in [-0.25, -0.2) is 14.4 Å². The smallest absolute Gasteiger partial charge is 0.251 e. The van der Waals surface area contributed by atoms with Crippen molar-refractivity contribution >= 4 is 11.9 Å². The van der Waals surface area contributed by atoms with Gasteiger partial charge in [-0.05, 0) is 24.3 Å². The fourth-order valence-corrected chi connectivity index (χ4v) is 2.86. The molecule has 138 valence electrons. The Bertz CT molecular complexity index is 736. The number of hydrogen-bond donors (Lipinski definition) is 1. The first-order valence-electron chi connectivity index (χ1n) is 8.53. The quantitative estimate of drug-likeness (QED) is 0.835. The van der Waals surface area contributed by atoms with Crippen molar-refractivity contribution in [1.82, 2.24) is 20.2 Å². The predicted molar refractivity (Wildman–Crippen MR) is 96.0 cm³/mol. The van der Waals surface area contributed by atoms with Gasteiger partial charge in [-0.3, -0.25) is 9.69 Å². The lowest BCUT2D eigenvalue weighted by Gasteiger charge is -2.34. The second-order valence-electron chi connectivity index (χ2n) is 5.98. The summed E-state index contributed by atoms with van der Waals surface area (Å²) >= 11 is 0. The normalized spacial score (nSPS) is 14.9. The summed E-state index contributed by atoms with van der Waals surface area (Å²) in [5.74, 6) is 0.0473. The van der Waals surface area contributed by atoms with Gasteiger partial charge in [0.15, 0.2) is 11.6 Å². The van der Waals surface area contributed by atoms with Crippen LogP contribution in [0.4, 0.5) is 10.3 Å². The number of piperazine rings is 1. The average Bonchev–Trinajstić information content (AvgIpc) is 2.69. The first-order valence-corrected chi connectivity index (χ1v) is 8.53. The van der Waals surface area contributed by atoms with Crippen LogP contribution >= 0.6 is 0 Å². The summed E-state index contributed by atoms with van der Waals surface area (Å²) in [6, 6.07) is 5.99. The highest BCUT2D eigenvalue weighted by Gasteiger charge is 2.18. The topological polar surface area (TPSA) is 70.6 Å². The molecule has 0 bridgehead atoms. The van der Waals surface area contributed by atoms with Gasteiger partial charge < -0.3 is 15.0 Å². The van der Waals surface area contributed by atoms with Gasteiger partial charge in [0.1, 0.15) is 0 Å². The minimum Gasteiger partial charge on any atom is -0.494 e. The third kappa shape index (κ3) is 4.45. The van der Waals surface area contributed by atoms with Crippen LogP contribution in [0.25, 0.3) is 0 Å². The van der Waals surface area contributed by atoms with E-state index in [9.17, 15) is 9.18 Å². The van der Waals surface area contributed by atoms with Crippen molar-refractivity contribution in [2.45, 2.75) is 0 Å². The van der Waals surface area contributed by atoms with Crippen molar-refractivity contribution in [3.8, 4) is 5.75 Å². The molecule has 1 aromatic carbocycles. The van der Waals surface area contributed by atoms with Gasteiger partial charge in [0.05, 0.1) is 7.11 Å². The minimum absolute atomic E-state index is 0.127. The number of ether oxygens (including phenoxy) is 1. The van der Waals surface area contributed by atoms with E-state index in [-0.39, 0.29) is 17.2 Å². The van der Waals surface area contributed by atoms with E-state index < -0.39 is 5.82 Å². The van der Waals surface area contributed by atoms with Crippen molar-refractivity contribution in [3.63, 3.8) is 0 Å². The van der Waals surface area contributed by atoms with Crippen LogP contribution in [0, 0.1) is 5.82 Å². The number of methoxy groups -OCH3 is 1. The van der Waals surface area contributed by atoms with E-state index in [0.717, 1.165) is 38.7 Å². The first-order chi connectivity index (χ1) is 12.7. The maximum atomic E-state index is 13.7. The van der Waals surface area contributed by atoms with Crippen molar-refractivity contribution in [3.05, 3.63) is 48.0 Å². The van der Waals surface area contributed by atoms with Crippen LogP contribution in [0.1, 0.15) is 10.4 Å². The van der Waals surface area contributed by atoms with E-state index >= 15 is 0 Å². The van der Waals surface area contributed by atoms with Crippen LogP contribution in [0.2, 0.25) is 0 Å². The molecule has 1 saturated heterocycles. The largest absolute Gasteiger partial charge is 0.494 e. The number of carbonyl (C=O) groups is 1. The molecule has 7 nitrogen and oxygen atoms in total. The molecule has 8 heteroatoms. The van der Waals surface area contributed by atoms with E-state index in [2.05, 4.69) is 25.1 Å². The van der Waals surface area contributed by atoms with Crippen molar-refractivity contribution < 1.29 is 13.9 Å². The van der Waals surface area contributed by atoms with E-state index in [1.54, 1.807) is 24.5 Å². The number of nitrogens with zero attached hydrogens (tertiary/aromatic N) is 4. The number of nitrogens with one attached hydrogen (secondary N) is 1. The van der Waals surface area contributed by atoms with Crippen LogP contribution in [0.3, 0.4) is 0 Å². The molecule has 1 aliphatic rings. The van der Waals surface area contributed by atoms with Crippen LogP contribution in [-0.2, 0) is 0 Å². The van der Waals surface area contributed by atoms with Gasteiger partial charge in [-0.15, -0.1) is 0 Å². The molecule has 2 aromatic rings. The molecule has 3 rings (SSSR count). The Hall–Kier alpha value is -2.74. The molecule has 1 N–H and O–H groups in total. The SMILES string of the molecule is COc1ccc(C(=O)NCCN2CCN(c3ncccn3)CC2)cc1F. The zero-order valence-electron chi connectivity index (χ0n) is 14.7. The molecule has 0 saturated carbocycles. The Kier molecular flexibility index (Phi) is 5.96. The second kappa shape index (κ2) is 8.57. The molecule has 0 spiro atoms. The highest BCUT2D eigenvalue weighted by atomic mass is 19.1. The highest BCUT2D eigenvalue weighted by molar-refractivity contribution is 5.94. The molecule has 0 atom stereocenters. The summed E-state index contributed by atoms with van der Waals surface area (Å²) in [6.45, 7) is 4.71. The molecular weight excluding hydrogens is 337 g/mol. The molecule has 0 unspecified atom stereocenters. The molecule has 1 fully saturated rings. The highest BCUT2D eigenvalue weighted by Crippen LogP contribution is 2.17. The van der Waals surface area contributed by atoms with E-state index in [1.165, 1.54) is 19.2 Å². The summed E-state index contributed by atoms with van der Waals surface area (Å²) in [5.41, 5.74) is 0.286. The van der Waals surface area contributed by atoms with Crippen LogP contribution in [-0.4, -0.2) is 67.2 Å². The van der Waals surface area contributed by atoms with Crippen LogP contribution in [0.15, 0.2) is 36.7 Å². The standard InChI is InChI=1S/C18H22FN5O2/c1-26-16-4-3-14(13-15(16)19)17(25)20-7-8-23-9-11-24(12-10-23)18-21-5-2-6-22-18/h2-6,13H,7-12H2,1H3,(H,20,25). The lowest BCUT2D eigenvalue weighted by atomic mass is 10.2. The maximum absolute atomic E-state index is 13.7. The number of anilines is 1. The summed E-state index contributed by atoms with van der Waals surface area (Å²) in [7, 11) is 1.39. The van der Waals surface area contributed by atoms with Crippen molar-refractivity contribution in [2.75, 3.05) is 51.3 Å². The van der Waals surface area contributed by atoms with Gasteiger partial charge in [0.2, 0.25) is 5.95 Å². The molecular formula is C18H22FN5O2. The second-order valence-corrected chi connectivity index (χ2v) is 5.98. The zero-order valence-corrected chi connectivity index (χ0v) is 14.7. The molecule has 26 heavy (non-hydrogen) atoms. The number of benzene rings is 1. The number of amides is 1. The molecule has 0 radical (unpaired) electrons. The Balaban J connectivity index is 1.41. The number of aromatic nitrogens is 2. The van der Waals surface area contributed by atoms with Gasteiger partial charge >= 0.3 is 0 Å². The van der Waals surface area contributed by atoms with Gasteiger partial charge in [0, 0.05) is 57.2 Å². The van der Waals surface area contributed by atoms with E-state index in [1.807, 2.05) is 0 Å². The lowest BCUT2D eigenvalue weighted by molar-refractivity contribution is 0.0947. The molecule has 1 aliphatic heterocycles. The summed E-state index contributed by atoms with van der Waals surface area (Å²) in [5, 5.41) is 2.83. The van der Waals surface area contributed by atoms with E-state index in [4.69, 9.17) is 4.74 Å². The molecule has 0 aliphatic carbocycles. The van der Waals surface area contributed by atoms with Crippen LogP contribution in [0.5, 0.6) is 5.75 Å². The summed E-state index contributed by atoms with van der Waals surface area (Å²) < 4.78 is 18.5. The molecule has 1 aromatic heterocycles.